The molecule has 0 saturated heterocycles. The average Bonchev–Trinajstić information content (AvgIpc) is 3.01. The summed E-state index contributed by atoms with van der Waals surface area (Å²) >= 11 is 0. The quantitative estimate of drug-likeness (QED) is 0.801. The Hall–Kier alpha value is -2.88. The molecule has 0 aliphatic rings. The highest BCUT2D eigenvalue weighted by atomic mass is 19.4. The number of rotatable bonds is 5. The molecule has 0 aliphatic carbocycles. The molecule has 0 fully saturated rings. The second-order valence-corrected chi connectivity index (χ2v) is 5.19. The Labute approximate surface area is 140 Å². The number of nitrogens with one attached hydrogen (secondary N) is 1. The molecule has 1 heterocycles. The number of aromatic nitrogens is 2. The van der Waals surface area contributed by atoms with Gasteiger partial charge in [-0.3, -0.25) is 4.79 Å². The molecule has 0 radical (unpaired) electrons. The number of methoxy groups -OCH3 is 1. The van der Waals surface area contributed by atoms with Gasteiger partial charge >= 0.3 is 12.1 Å². The Kier molecular flexibility index (Phi) is 4.84. The molecule has 0 aliphatic heterocycles. The maximum atomic E-state index is 12.8. The lowest BCUT2D eigenvalue weighted by molar-refractivity contribution is -0.165. The van der Waals surface area contributed by atoms with Gasteiger partial charge in [0.1, 0.15) is 0 Å². The van der Waals surface area contributed by atoms with Crippen molar-refractivity contribution in [1.82, 2.24) is 9.78 Å². The van der Waals surface area contributed by atoms with E-state index in [1.165, 1.54) is 24.4 Å². The number of ether oxygens (including phenoxy) is 1. The minimum atomic E-state index is -4.50. The third-order valence-electron chi connectivity index (χ3n) is 3.52. The van der Waals surface area contributed by atoms with Crippen molar-refractivity contribution in [3.05, 3.63) is 42.1 Å². The van der Waals surface area contributed by atoms with Crippen molar-refractivity contribution in [2.75, 3.05) is 12.4 Å². The molecule has 2 N–H and O–H groups in total. The summed E-state index contributed by atoms with van der Waals surface area (Å²) in [5.41, 5.74) is -2.84. The summed E-state index contributed by atoms with van der Waals surface area (Å²) in [5, 5.41) is 15.2. The summed E-state index contributed by atoms with van der Waals surface area (Å²) in [6.07, 6.45) is -3.17. The lowest BCUT2D eigenvalue weighted by atomic mass is 10.1. The highest BCUT2D eigenvalue weighted by Crippen LogP contribution is 2.30. The van der Waals surface area contributed by atoms with Crippen molar-refractivity contribution in [2.24, 2.45) is 0 Å². The van der Waals surface area contributed by atoms with Crippen LogP contribution in [0.3, 0.4) is 0 Å². The number of carboxylic acids is 1. The van der Waals surface area contributed by atoms with Gasteiger partial charge in [-0.1, -0.05) is 6.07 Å². The molecule has 1 aromatic heterocycles. The van der Waals surface area contributed by atoms with Crippen LogP contribution in [0.5, 0.6) is 0 Å². The van der Waals surface area contributed by atoms with Gasteiger partial charge in [0.2, 0.25) is 5.60 Å². The van der Waals surface area contributed by atoms with Crippen molar-refractivity contribution in [2.45, 2.75) is 18.7 Å². The highest BCUT2D eigenvalue weighted by molar-refractivity contribution is 6.10. The SMILES string of the molecule is COC(C)(C(=O)O)C(=O)Nc1ccn(-c2cccc(C(F)(F)F)c2)n1. The number of carboxylic acid groups (broad SMARTS) is 1. The van der Waals surface area contributed by atoms with Crippen LogP contribution >= 0.6 is 0 Å². The van der Waals surface area contributed by atoms with Crippen molar-refractivity contribution in [1.29, 1.82) is 0 Å². The molecule has 7 nitrogen and oxygen atoms in total. The maximum absolute atomic E-state index is 12.8. The van der Waals surface area contributed by atoms with Gasteiger partial charge in [0.25, 0.3) is 5.91 Å². The summed E-state index contributed by atoms with van der Waals surface area (Å²) in [5.74, 6) is -2.51. The maximum Gasteiger partial charge on any atom is 0.416 e. The molecule has 1 amide bonds. The number of carbonyl (C=O) groups is 2. The van der Waals surface area contributed by atoms with E-state index in [0.29, 0.717) is 0 Å². The molecule has 25 heavy (non-hydrogen) atoms. The Morgan fingerprint density at radius 3 is 2.52 bits per heavy atom. The zero-order valence-corrected chi connectivity index (χ0v) is 13.2. The Morgan fingerprint density at radius 2 is 1.96 bits per heavy atom. The fourth-order valence-corrected chi connectivity index (χ4v) is 1.87. The van der Waals surface area contributed by atoms with Crippen LogP contribution in [-0.4, -0.2) is 39.5 Å². The molecule has 134 valence electrons. The number of anilines is 1. The number of aliphatic carboxylic acids is 1. The number of carbonyl (C=O) groups excluding carboxylic acids is 1. The molecule has 1 atom stereocenters. The molecule has 0 bridgehead atoms. The van der Waals surface area contributed by atoms with E-state index in [1.807, 2.05) is 0 Å². The summed E-state index contributed by atoms with van der Waals surface area (Å²) < 4.78 is 44.1. The Bertz CT molecular complexity index is 803. The van der Waals surface area contributed by atoms with Crippen LogP contribution in [0.2, 0.25) is 0 Å². The van der Waals surface area contributed by atoms with Gasteiger partial charge < -0.3 is 15.2 Å². The first-order chi connectivity index (χ1) is 11.6. The van der Waals surface area contributed by atoms with Crippen LogP contribution in [0.15, 0.2) is 36.5 Å². The molecule has 0 saturated carbocycles. The van der Waals surface area contributed by atoms with Crippen molar-refractivity contribution >= 4 is 17.7 Å². The van der Waals surface area contributed by atoms with Gasteiger partial charge in [-0.25, -0.2) is 9.48 Å². The number of hydrogen-bond donors (Lipinski definition) is 2. The number of nitrogens with zero attached hydrogens (tertiary/aromatic N) is 2. The second-order valence-electron chi connectivity index (χ2n) is 5.19. The van der Waals surface area contributed by atoms with Crippen LogP contribution in [0, 0.1) is 0 Å². The monoisotopic (exact) mass is 357 g/mol. The molecular weight excluding hydrogens is 343 g/mol. The van der Waals surface area contributed by atoms with Gasteiger partial charge in [-0.2, -0.15) is 18.3 Å². The third-order valence-corrected chi connectivity index (χ3v) is 3.52. The van der Waals surface area contributed by atoms with E-state index in [2.05, 4.69) is 10.4 Å². The summed E-state index contributed by atoms with van der Waals surface area (Å²) in [6.45, 7) is 1.06. The van der Waals surface area contributed by atoms with Gasteiger partial charge in [-0.05, 0) is 25.1 Å². The van der Waals surface area contributed by atoms with Crippen molar-refractivity contribution < 1.29 is 32.6 Å². The van der Waals surface area contributed by atoms with E-state index < -0.39 is 29.2 Å². The lowest BCUT2D eigenvalue weighted by Gasteiger charge is -2.21. The largest absolute Gasteiger partial charge is 0.479 e. The summed E-state index contributed by atoms with van der Waals surface area (Å²) in [4.78, 5) is 23.1. The van der Waals surface area contributed by atoms with E-state index in [4.69, 9.17) is 9.84 Å². The van der Waals surface area contributed by atoms with Crippen LogP contribution in [0.1, 0.15) is 12.5 Å². The van der Waals surface area contributed by atoms with Crippen molar-refractivity contribution in [3.8, 4) is 5.69 Å². The standard InChI is InChI=1S/C15H14F3N3O4/c1-14(25-2,13(23)24)12(22)19-11-6-7-21(20-11)10-5-3-4-9(8-10)15(16,17)18/h3-8H,1-2H3,(H,23,24)(H,19,20,22). The number of benzene rings is 1. The molecule has 2 aromatic rings. The average molecular weight is 357 g/mol. The zero-order valence-electron chi connectivity index (χ0n) is 13.2. The highest BCUT2D eigenvalue weighted by Gasteiger charge is 2.42. The first-order valence-corrected chi connectivity index (χ1v) is 6.91. The topological polar surface area (TPSA) is 93.5 Å². The Morgan fingerprint density at radius 1 is 1.28 bits per heavy atom. The fraction of sp³-hybridized carbons (Fsp3) is 0.267. The number of amides is 1. The van der Waals surface area contributed by atoms with E-state index in [0.717, 1.165) is 30.8 Å². The predicted octanol–water partition coefficient (Wildman–Crippen LogP) is 2.32. The molecular formula is C15H14F3N3O4. The number of alkyl halides is 3. The first kappa shape index (κ1) is 18.5. The summed E-state index contributed by atoms with van der Waals surface area (Å²) in [7, 11) is 1.06. The smallest absolute Gasteiger partial charge is 0.416 e. The zero-order chi connectivity index (χ0) is 18.8. The molecule has 1 unspecified atom stereocenters. The number of halogens is 3. The minimum Gasteiger partial charge on any atom is -0.479 e. The molecule has 2 rings (SSSR count). The number of hydrogen-bond acceptors (Lipinski definition) is 4. The lowest BCUT2D eigenvalue weighted by Crippen LogP contribution is -2.48. The van der Waals surface area contributed by atoms with Crippen LogP contribution < -0.4 is 5.32 Å². The van der Waals surface area contributed by atoms with E-state index >= 15 is 0 Å². The van der Waals surface area contributed by atoms with E-state index in [9.17, 15) is 22.8 Å². The van der Waals surface area contributed by atoms with E-state index in [-0.39, 0.29) is 11.5 Å². The van der Waals surface area contributed by atoms with E-state index in [1.54, 1.807) is 0 Å². The molecule has 10 heteroatoms. The third kappa shape index (κ3) is 3.79. The molecule has 0 spiro atoms. The van der Waals surface area contributed by atoms with Crippen LogP contribution in [-0.2, 0) is 20.5 Å². The second kappa shape index (κ2) is 6.55. The fourth-order valence-electron chi connectivity index (χ4n) is 1.87. The van der Waals surface area contributed by atoms with Crippen molar-refractivity contribution in [3.63, 3.8) is 0 Å². The molecule has 1 aromatic carbocycles. The van der Waals surface area contributed by atoms with Crippen LogP contribution in [0.4, 0.5) is 19.0 Å². The van der Waals surface area contributed by atoms with Gasteiger partial charge in [-0.15, -0.1) is 0 Å². The summed E-state index contributed by atoms with van der Waals surface area (Å²) in [6, 6.07) is 5.77. The minimum absolute atomic E-state index is 0.0352. The normalized spacial score (nSPS) is 14.0. The first-order valence-electron chi connectivity index (χ1n) is 6.91. The van der Waals surface area contributed by atoms with Gasteiger partial charge in [0, 0.05) is 19.4 Å². The Balaban J connectivity index is 2.24. The predicted molar refractivity (Wildman–Crippen MR) is 80.2 cm³/mol. The van der Waals surface area contributed by atoms with Gasteiger partial charge in [0.05, 0.1) is 11.3 Å². The van der Waals surface area contributed by atoms with Crippen LogP contribution in [0.25, 0.3) is 5.69 Å². The van der Waals surface area contributed by atoms with Gasteiger partial charge in [0.15, 0.2) is 5.82 Å².